The summed E-state index contributed by atoms with van der Waals surface area (Å²) >= 11 is 0. The van der Waals surface area contributed by atoms with Crippen LogP contribution in [0, 0.1) is 13.8 Å². The van der Waals surface area contributed by atoms with Gasteiger partial charge in [0.1, 0.15) is 47.8 Å². The van der Waals surface area contributed by atoms with Crippen molar-refractivity contribution in [3.05, 3.63) is 34.4 Å². The molecule has 0 spiro atoms. The van der Waals surface area contributed by atoms with Crippen molar-refractivity contribution in [3.63, 3.8) is 0 Å². The highest BCUT2D eigenvalue weighted by Gasteiger charge is 2.45. The van der Waals surface area contributed by atoms with Crippen LogP contribution >= 0.6 is 0 Å². The second-order valence-corrected chi connectivity index (χ2v) is 5.88. The van der Waals surface area contributed by atoms with E-state index in [4.69, 9.17) is 0 Å². The number of halogens is 2. The van der Waals surface area contributed by atoms with Crippen LogP contribution in [0.3, 0.4) is 0 Å². The van der Waals surface area contributed by atoms with Crippen molar-refractivity contribution in [3.8, 4) is 34.5 Å². The van der Waals surface area contributed by atoms with Gasteiger partial charge in [0.25, 0.3) is 0 Å². The molecule has 0 unspecified atom stereocenters. The van der Waals surface area contributed by atoms with E-state index in [9.17, 15) is 39.4 Å². The summed E-state index contributed by atoms with van der Waals surface area (Å²) in [5.74, 6) is -4.20. The van der Waals surface area contributed by atoms with Gasteiger partial charge in [-0.05, 0) is 13.8 Å². The molecule has 0 saturated carbocycles. The molecule has 0 aliphatic rings. The van der Waals surface area contributed by atoms with Crippen molar-refractivity contribution < 1.29 is 39.4 Å². The van der Waals surface area contributed by atoms with E-state index in [0.29, 0.717) is 0 Å². The van der Waals surface area contributed by atoms with E-state index in [0.717, 1.165) is 12.1 Å². The van der Waals surface area contributed by atoms with Gasteiger partial charge in [0.15, 0.2) is 0 Å². The fourth-order valence-corrected chi connectivity index (χ4v) is 2.85. The predicted octanol–water partition coefficient (Wildman–Crippen LogP) is 2.76. The molecule has 2 aromatic carbocycles. The number of phenolic OH excluding ortho intramolecular Hbond substituents is 6. The molecule has 0 radical (unpaired) electrons. The monoisotopic (exact) mass is 356 g/mol. The lowest BCUT2D eigenvalue weighted by atomic mass is 9.73. The van der Waals surface area contributed by atoms with Crippen LogP contribution in [-0.4, -0.2) is 44.0 Å². The number of hydrogen-bond donors (Lipinski definition) is 6. The molecule has 8 heteroatoms. The predicted molar refractivity (Wildman–Crippen MR) is 85.1 cm³/mol. The van der Waals surface area contributed by atoms with E-state index in [-0.39, 0.29) is 11.1 Å². The molecule has 0 aliphatic carbocycles. The second kappa shape index (κ2) is 6.19. The molecule has 0 aliphatic heterocycles. The molecule has 0 amide bonds. The quantitative estimate of drug-likeness (QED) is 0.501. The van der Waals surface area contributed by atoms with Gasteiger partial charge in [-0.2, -0.15) is 0 Å². The van der Waals surface area contributed by atoms with Gasteiger partial charge in [0.2, 0.25) is 0 Å². The third kappa shape index (κ3) is 2.54. The molecule has 0 fully saturated rings. The van der Waals surface area contributed by atoms with Crippen molar-refractivity contribution in [2.75, 3.05) is 13.3 Å². The smallest absolute Gasteiger partial charge is 0.130 e. The second-order valence-electron chi connectivity index (χ2n) is 5.88. The number of alkyl halides is 2. The van der Waals surface area contributed by atoms with Crippen molar-refractivity contribution >= 4 is 0 Å². The Balaban J connectivity index is 2.98. The molecule has 0 saturated heterocycles. The minimum absolute atomic E-state index is 0.145. The zero-order chi connectivity index (χ0) is 19.1. The lowest BCUT2D eigenvalue weighted by Gasteiger charge is -2.32. The Labute approximate surface area is 141 Å². The van der Waals surface area contributed by atoms with Crippen LogP contribution in [0.2, 0.25) is 0 Å². The van der Waals surface area contributed by atoms with Crippen LogP contribution in [0.25, 0.3) is 0 Å². The number of hydrogen-bond acceptors (Lipinski definition) is 6. The summed E-state index contributed by atoms with van der Waals surface area (Å²) in [4.78, 5) is 0. The van der Waals surface area contributed by atoms with Crippen LogP contribution in [0.15, 0.2) is 12.1 Å². The Morgan fingerprint density at radius 3 is 1.28 bits per heavy atom. The van der Waals surface area contributed by atoms with Gasteiger partial charge in [-0.3, -0.25) is 0 Å². The van der Waals surface area contributed by atoms with E-state index in [1.54, 1.807) is 0 Å². The van der Waals surface area contributed by atoms with Crippen molar-refractivity contribution in [1.82, 2.24) is 0 Å². The largest absolute Gasteiger partial charge is 0.507 e. The van der Waals surface area contributed by atoms with Gasteiger partial charge in [-0.25, -0.2) is 8.78 Å². The van der Waals surface area contributed by atoms with Gasteiger partial charge in [-0.1, -0.05) is 0 Å². The fourth-order valence-electron chi connectivity index (χ4n) is 2.85. The maximum absolute atomic E-state index is 14.1. The lowest BCUT2D eigenvalue weighted by molar-refractivity contribution is 0.251. The standard InChI is InChI=1S/C17H18F2O6/c1-7-9(20)3-11(22)13(15(7)24)17(5-18,6-19)14-12(23)4-10(21)8(2)16(14)25/h3-4,20-25H,5-6H2,1-2H3. The number of benzene rings is 2. The Bertz CT molecular complexity index is 765. The molecule has 0 bridgehead atoms. The molecular formula is C17H18F2O6. The van der Waals surface area contributed by atoms with Crippen LogP contribution in [-0.2, 0) is 5.41 Å². The molecular weight excluding hydrogens is 338 g/mol. The van der Waals surface area contributed by atoms with Gasteiger partial charge >= 0.3 is 0 Å². The van der Waals surface area contributed by atoms with Gasteiger partial charge in [-0.15, -0.1) is 0 Å². The summed E-state index contributed by atoms with van der Waals surface area (Å²) in [5, 5.41) is 60.0. The number of phenols is 6. The number of aromatic hydroxyl groups is 6. The fraction of sp³-hybridized carbons (Fsp3) is 0.294. The maximum Gasteiger partial charge on any atom is 0.130 e. The van der Waals surface area contributed by atoms with E-state index in [1.165, 1.54) is 13.8 Å². The topological polar surface area (TPSA) is 121 Å². The third-order valence-corrected chi connectivity index (χ3v) is 4.42. The summed E-state index contributed by atoms with van der Waals surface area (Å²) in [7, 11) is 0. The lowest BCUT2D eigenvalue weighted by Crippen LogP contribution is -2.33. The van der Waals surface area contributed by atoms with Crippen LogP contribution in [0.5, 0.6) is 34.5 Å². The molecule has 136 valence electrons. The van der Waals surface area contributed by atoms with Crippen molar-refractivity contribution in [2.24, 2.45) is 0 Å². The summed E-state index contributed by atoms with van der Waals surface area (Å²) < 4.78 is 28.1. The normalized spacial score (nSPS) is 11.7. The molecule has 2 aromatic rings. The first-order chi connectivity index (χ1) is 11.6. The first-order valence-electron chi connectivity index (χ1n) is 7.24. The SMILES string of the molecule is Cc1c(O)cc(O)c(C(CF)(CF)c2c(O)cc(O)c(C)c2O)c1O. The average Bonchev–Trinajstić information content (AvgIpc) is 2.56. The molecule has 0 heterocycles. The molecule has 0 aromatic heterocycles. The summed E-state index contributed by atoms with van der Waals surface area (Å²) in [6, 6.07) is 1.59. The highest BCUT2D eigenvalue weighted by Crippen LogP contribution is 2.53. The van der Waals surface area contributed by atoms with Crippen LogP contribution in [0.4, 0.5) is 8.78 Å². The molecule has 0 atom stereocenters. The average molecular weight is 356 g/mol. The van der Waals surface area contributed by atoms with E-state index in [2.05, 4.69) is 0 Å². The minimum Gasteiger partial charge on any atom is -0.507 e. The summed E-state index contributed by atoms with van der Waals surface area (Å²) in [6.07, 6.45) is 0. The molecule has 2 rings (SSSR count). The number of rotatable bonds is 4. The Kier molecular flexibility index (Phi) is 4.57. The van der Waals surface area contributed by atoms with E-state index < -0.39 is 64.4 Å². The summed E-state index contributed by atoms with van der Waals surface area (Å²) in [6.45, 7) is -0.562. The van der Waals surface area contributed by atoms with E-state index in [1.807, 2.05) is 0 Å². The minimum atomic E-state index is -2.46. The molecule has 6 nitrogen and oxygen atoms in total. The molecule has 6 N–H and O–H groups in total. The van der Waals surface area contributed by atoms with Crippen molar-refractivity contribution in [1.29, 1.82) is 0 Å². The van der Waals surface area contributed by atoms with Gasteiger partial charge < -0.3 is 30.6 Å². The summed E-state index contributed by atoms with van der Waals surface area (Å²) in [5.41, 5.74) is -4.02. The first-order valence-corrected chi connectivity index (χ1v) is 7.24. The highest BCUT2D eigenvalue weighted by atomic mass is 19.1. The Morgan fingerprint density at radius 1 is 0.680 bits per heavy atom. The molecule has 25 heavy (non-hydrogen) atoms. The van der Waals surface area contributed by atoms with Gasteiger partial charge in [0, 0.05) is 23.3 Å². The van der Waals surface area contributed by atoms with Crippen LogP contribution < -0.4 is 0 Å². The Morgan fingerprint density at radius 2 is 1.00 bits per heavy atom. The highest BCUT2D eigenvalue weighted by molar-refractivity contribution is 5.67. The van der Waals surface area contributed by atoms with Crippen molar-refractivity contribution in [2.45, 2.75) is 19.3 Å². The Hall–Kier alpha value is -2.90. The first kappa shape index (κ1) is 18.4. The van der Waals surface area contributed by atoms with Crippen LogP contribution in [0.1, 0.15) is 22.3 Å². The maximum atomic E-state index is 14.1. The zero-order valence-corrected chi connectivity index (χ0v) is 13.5. The van der Waals surface area contributed by atoms with Gasteiger partial charge in [0.05, 0.1) is 16.5 Å². The van der Waals surface area contributed by atoms with E-state index >= 15 is 0 Å². The zero-order valence-electron chi connectivity index (χ0n) is 13.5. The third-order valence-electron chi connectivity index (χ3n) is 4.42.